The molecule has 0 unspecified atom stereocenters. The first-order valence-electron chi connectivity index (χ1n) is 8.41. The number of aryl methyl sites for hydroxylation is 1. The quantitative estimate of drug-likeness (QED) is 0.373. The van der Waals surface area contributed by atoms with Gasteiger partial charge in [0.25, 0.3) is 0 Å². The van der Waals surface area contributed by atoms with Crippen molar-refractivity contribution >= 4 is 34.7 Å². The van der Waals surface area contributed by atoms with Crippen LogP contribution in [0.1, 0.15) is 10.6 Å². The van der Waals surface area contributed by atoms with E-state index >= 15 is 0 Å². The fourth-order valence-corrected chi connectivity index (χ4v) is 4.33. The summed E-state index contributed by atoms with van der Waals surface area (Å²) >= 11 is 3.03. The summed E-state index contributed by atoms with van der Waals surface area (Å²) in [6.07, 6.45) is 0. The number of aromatic nitrogens is 3. The fraction of sp³-hybridized carbons (Fsp3) is 0.278. The van der Waals surface area contributed by atoms with E-state index in [1.807, 2.05) is 25.1 Å². The third kappa shape index (κ3) is 4.83. The van der Waals surface area contributed by atoms with E-state index < -0.39 is 0 Å². The summed E-state index contributed by atoms with van der Waals surface area (Å²) in [6.45, 7) is 2.15. The number of aliphatic hydroxyl groups excluding tert-OH is 1. The lowest BCUT2D eigenvalue weighted by Gasteiger charge is -2.10. The van der Waals surface area contributed by atoms with Gasteiger partial charge < -0.3 is 26.0 Å². The van der Waals surface area contributed by atoms with Gasteiger partial charge in [-0.25, -0.2) is 15.0 Å². The van der Waals surface area contributed by atoms with Crippen LogP contribution in [-0.2, 0) is 5.75 Å². The summed E-state index contributed by atoms with van der Waals surface area (Å²) in [5, 5.41) is 10.4. The number of rotatable bonds is 8. The molecular weight excluding hydrogens is 398 g/mol. The number of methoxy groups -OCH3 is 1. The second kappa shape index (κ2) is 9.09. The highest BCUT2D eigenvalue weighted by Crippen LogP contribution is 2.36. The number of aliphatic hydroxyl groups is 1. The molecule has 0 amide bonds. The average molecular weight is 420 g/mol. The van der Waals surface area contributed by atoms with Gasteiger partial charge in [-0.05, 0) is 25.1 Å². The number of hydrogen-bond acceptors (Lipinski definition) is 10. The van der Waals surface area contributed by atoms with Gasteiger partial charge in [-0.2, -0.15) is 0 Å². The molecule has 0 saturated carbocycles. The molecule has 1 aromatic carbocycles. The smallest absolute Gasteiger partial charge is 0.191 e. The monoisotopic (exact) mass is 419 g/mol. The Morgan fingerprint density at radius 1 is 1.11 bits per heavy atom. The number of thioether (sulfide) groups is 1. The Bertz CT molecular complexity index is 944. The molecule has 0 bridgehead atoms. The van der Waals surface area contributed by atoms with Crippen LogP contribution < -0.4 is 20.9 Å². The SMILES string of the molecule is COc1ccc(-c2nc(CSc3nc(N)cc(N)n3)c(C)s2)cc1OCCO. The second-order valence-corrected chi connectivity index (χ2v) is 7.89. The first kappa shape index (κ1) is 20.2. The Hall–Kier alpha value is -2.56. The van der Waals surface area contributed by atoms with Gasteiger partial charge in [-0.15, -0.1) is 11.3 Å². The minimum atomic E-state index is -0.0678. The number of benzene rings is 1. The number of anilines is 2. The third-order valence-corrected chi connectivity index (χ3v) is 5.66. The molecule has 28 heavy (non-hydrogen) atoms. The molecular formula is C18H21N5O3S2. The maximum absolute atomic E-state index is 9.00. The fourth-order valence-electron chi connectivity index (χ4n) is 2.42. The van der Waals surface area contributed by atoms with E-state index in [9.17, 15) is 0 Å². The van der Waals surface area contributed by atoms with Crippen molar-refractivity contribution < 1.29 is 14.6 Å². The molecule has 0 aliphatic carbocycles. The maximum atomic E-state index is 9.00. The second-order valence-electron chi connectivity index (χ2n) is 5.75. The van der Waals surface area contributed by atoms with Crippen molar-refractivity contribution in [2.24, 2.45) is 0 Å². The maximum Gasteiger partial charge on any atom is 0.191 e. The molecule has 3 aromatic rings. The van der Waals surface area contributed by atoms with Gasteiger partial charge in [0, 0.05) is 22.3 Å². The Balaban J connectivity index is 1.79. The van der Waals surface area contributed by atoms with Gasteiger partial charge in [0.2, 0.25) is 0 Å². The van der Waals surface area contributed by atoms with Crippen LogP contribution in [0.2, 0.25) is 0 Å². The molecule has 8 nitrogen and oxygen atoms in total. The summed E-state index contributed by atoms with van der Waals surface area (Å²) in [4.78, 5) is 14.2. The van der Waals surface area contributed by atoms with Crippen LogP contribution in [0, 0.1) is 6.92 Å². The number of ether oxygens (including phenoxy) is 2. The predicted octanol–water partition coefficient (Wildman–Crippen LogP) is 2.74. The van der Waals surface area contributed by atoms with Crippen molar-refractivity contribution in [3.63, 3.8) is 0 Å². The van der Waals surface area contributed by atoms with Gasteiger partial charge in [-0.1, -0.05) is 11.8 Å². The molecule has 2 heterocycles. The molecule has 0 spiro atoms. The summed E-state index contributed by atoms with van der Waals surface area (Å²) in [5.74, 6) is 2.48. The van der Waals surface area contributed by atoms with E-state index in [0.29, 0.717) is 34.0 Å². The molecule has 2 aromatic heterocycles. The van der Waals surface area contributed by atoms with Gasteiger partial charge in [0.15, 0.2) is 16.7 Å². The van der Waals surface area contributed by atoms with Crippen LogP contribution in [0.25, 0.3) is 10.6 Å². The lowest BCUT2D eigenvalue weighted by atomic mass is 10.2. The Morgan fingerprint density at radius 2 is 1.86 bits per heavy atom. The molecule has 0 radical (unpaired) electrons. The summed E-state index contributed by atoms with van der Waals surface area (Å²) < 4.78 is 10.9. The summed E-state index contributed by atoms with van der Waals surface area (Å²) in [6, 6.07) is 7.15. The van der Waals surface area contributed by atoms with Gasteiger partial charge in [-0.3, -0.25) is 0 Å². The van der Waals surface area contributed by atoms with Gasteiger partial charge in [0.1, 0.15) is 23.3 Å². The normalized spacial score (nSPS) is 10.8. The van der Waals surface area contributed by atoms with Crippen molar-refractivity contribution in [3.05, 3.63) is 34.8 Å². The Morgan fingerprint density at radius 3 is 2.54 bits per heavy atom. The summed E-state index contributed by atoms with van der Waals surface area (Å²) in [5.41, 5.74) is 13.3. The van der Waals surface area contributed by atoms with Crippen molar-refractivity contribution in [1.29, 1.82) is 0 Å². The molecule has 3 rings (SSSR count). The highest BCUT2D eigenvalue weighted by Gasteiger charge is 2.14. The predicted molar refractivity (Wildman–Crippen MR) is 112 cm³/mol. The van der Waals surface area contributed by atoms with E-state index in [1.54, 1.807) is 18.4 Å². The van der Waals surface area contributed by atoms with Crippen molar-refractivity contribution in [2.75, 3.05) is 31.8 Å². The first-order valence-corrected chi connectivity index (χ1v) is 10.2. The molecule has 148 valence electrons. The number of nitrogens with two attached hydrogens (primary N) is 2. The van der Waals surface area contributed by atoms with E-state index in [-0.39, 0.29) is 13.2 Å². The van der Waals surface area contributed by atoms with Crippen molar-refractivity contribution in [3.8, 4) is 22.1 Å². The van der Waals surface area contributed by atoms with E-state index in [4.69, 9.17) is 31.0 Å². The van der Waals surface area contributed by atoms with Crippen LogP contribution in [0.3, 0.4) is 0 Å². The Labute approximate surface area is 170 Å². The van der Waals surface area contributed by atoms with E-state index in [2.05, 4.69) is 9.97 Å². The summed E-state index contributed by atoms with van der Waals surface area (Å²) in [7, 11) is 1.58. The standard InChI is InChI=1S/C18H21N5O3S2/c1-10-12(9-27-18-22-15(19)8-16(20)23-18)21-17(28-10)11-3-4-13(25-2)14(7-11)26-6-5-24/h3-4,7-8,24H,5-6,9H2,1-2H3,(H4,19,20,22,23). The van der Waals surface area contributed by atoms with Gasteiger partial charge >= 0.3 is 0 Å². The third-order valence-electron chi connectivity index (χ3n) is 3.74. The topological polar surface area (TPSA) is 129 Å². The minimum Gasteiger partial charge on any atom is -0.493 e. The van der Waals surface area contributed by atoms with Crippen molar-refractivity contribution in [2.45, 2.75) is 17.8 Å². The zero-order valence-corrected chi connectivity index (χ0v) is 17.1. The van der Waals surface area contributed by atoms with Crippen LogP contribution in [0.4, 0.5) is 11.6 Å². The lowest BCUT2D eigenvalue weighted by Crippen LogP contribution is -2.03. The number of hydrogen-bond donors (Lipinski definition) is 3. The molecule has 0 fully saturated rings. The molecule has 0 aliphatic rings. The minimum absolute atomic E-state index is 0.0678. The number of thiazole rings is 1. The largest absolute Gasteiger partial charge is 0.493 e. The number of nitrogen functional groups attached to an aromatic ring is 2. The molecule has 0 aliphatic heterocycles. The molecule has 5 N–H and O–H groups in total. The molecule has 0 saturated heterocycles. The van der Waals surface area contributed by atoms with Crippen LogP contribution >= 0.6 is 23.1 Å². The highest BCUT2D eigenvalue weighted by atomic mass is 32.2. The molecule has 10 heteroatoms. The Kier molecular flexibility index (Phi) is 6.55. The van der Waals surface area contributed by atoms with Crippen molar-refractivity contribution in [1.82, 2.24) is 15.0 Å². The zero-order chi connectivity index (χ0) is 20.1. The zero-order valence-electron chi connectivity index (χ0n) is 15.5. The lowest BCUT2D eigenvalue weighted by molar-refractivity contribution is 0.196. The van der Waals surface area contributed by atoms with Crippen LogP contribution in [0.15, 0.2) is 29.4 Å². The first-order chi connectivity index (χ1) is 13.5. The van der Waals surface area contributed by atoms with Crippen LogP contribution in [0.5, 0.6) is 11.5 Å². The van der Waals surface area contributed by atoms with E-state index in [1.165, 1.54) is 17.8 Å². The van der Waals surface area contributed by atoms with Gasteiger partial charge in [0.05, 0.1) is 19.4 Å². The highest BCUT2D eigenvalue weighted by molar-refractivity contribution is 7.98. The van der Waals surface area contributed by atoms with Crippen LogP contribution in [-0.4, -0.2) is 40.4 Å². The van der Waals surface area contributed by atoms with E-state index in [0.717, 1.165) is 21.1 Å². The average Bonchev–Trinajstić information content (AvgIpc) is 3.04. The number of nitrogens with zero attached hydrogens (tertiary/aromatic N) is 3. The molecule has 0 atom stereocenters.